The molecule has 2 aromatic carbocycles. The van der Waals surface area contributed by atoms with E-state index in [0.717, 1.165) is 3.57 Å². The first kappa shape index (κ1) is 21.1. The van der Waals surface area contributed by atoms with E-state index >= 15 is 0 Å². The third-order valence-electron chi connectivity index (χ3n) is 2.97. The van der Waals surface area contributed by atoms with E-state index in [9.17, 15) is 14.7 Å². The summed E-state index contributed by atoms with van der Waals surface area (Å²) in [7, 11) is 0. The normalized spacial score (nSPS) is 10.1. The predicted octanol–water partition coefficient (Wildman–Crippen LogP) is 4.14. The number of anilines is 1. The maximum absolute atomic E-state index is 12.0. The average Bonchev–Trinajstić information content (AvgIpc) is 2.56. The van der Waals surface area contributed by atoms with Gasteiger partial charge in [0.25, 0.3) is 5.91 Å². The number of amides is 1. The van der Waals surface area contributed by atoms with Gasteiger partial charge in [-0.25, -0.2) is 4.79 Å². The highest BCUT2D eigenvalue weighted by Crippen LogP contribution is 2.26. The van der Waals surface area contributed by atoms with Crippen LogP contribution in [-0.2, 0) is 4.79 Å². The number of hydrogen-bond acceptors (Lipinski definition) is 4. The Morgan fingerprint density at radius 1 is 1.23 bits per heavy atom. The third-order valence-corrected chi connectivity index (χ3v) is 4.96. The number of ether oxygens (including phenoxy) is 1. The number of aromatic carboxylic acids is 1. The van der Waals surface area contributed by atoms with Crippen molar-refractivity contribution in [1.29, 1.82) is 0 Å². The molecule has 0 atom stereocenters. The number of carbonyl (C=O) groups excluding carboxylic acids is 1. The summed E-state index contributed by atoms with van der Waals surface area (Å²) >= 11 is 15.1. The van der Waals surface area contributed by atoms with Crippen LogP contribution in [0, 0.1) is 7.14 Å². The molecule has 0 spiro atoms. The minimum Gasteiger partial charge on any atom is -0.482 e. The Bertz CT molecular complexity index is 879. The molecule has 0 aliphatic rings. The van der Waals surface area contributed by atoms with E-state index in [-0.39, 0.29) is 17.3 Å². The van der Waals surface area contributed by atoms with Crippen LogP contribution in [0.2, 0.25) is 5.02 Å². The van der Waals surface area contributed by atoms with Crippen LogP contribution in [0.25, 0.3) is 0 Å². The van der Waals surface area contributed by atoms with Gasteiger partial charge in [-0.15, -0.1) is 0 Å². The summed E-state index contributed by atoms with van der Waals surface area (Å²) in [6.07, 6.45) is 0. The SMILES string of the molecule is O=C(COc1ccccc1Cl)NC(=S)Nc1c(I)cc(I)cc1C(=O)O. The molecule has 2 aromatic rings. The van der Waals surface area contributed by atoms with Crippen LogP contribution in [0.4, 0.5) is 5.69 Å². The van der Waals surface area contributed by atoms with Crippen molar-refractivity contribution in [3.05, 3.63) is 54.1 Å². The molecule has 6 nitrogen and oxygen atoms in total. The van der Waals surface area contributed by atoms with Gasteiger partial charge in [-0.1, -0.05) is 23.7 Å². The lowest BCUT2D eigenvalue weighted by atomic mass is 10.2. The van der Waals surface area contributed by atoms with Crippen LogP contribution in [0.1, 0.15) is 10.4 Å². The van der Waals surface area contributed by atoms with Crippen LogP contribution in [0.3, 0.4) is 0 Å². The van der Waals surface area contributed by atoms with E-state index in [1.165, 1.54) is 6.07 Å². The zero-order valence-electron chi connectivity index (χ0n) is 12.9. The topological polar surface area (TPSA) is 87.7 Å². The fourth-order valence-electron chi connectivity index (χ4n) is 1.88. The smallest absolute Gasteiger partial charge is 0.337 e. The highest BCUT2D eigenvalue weighted by Gasteiger charge is 2.16. The Kier molecular flexibility index (Phi) is 7.85. The molecule has 0 aromatic heterocycles. The molecule has 0 bridgehead atoms. The first-order chi connectivity index (χ1) is 12.3. The Morgan fingerprint density at radius 2 is 1.92 bits per heavy atom. The Labute approximate surface area is 186 Å². The number of carboxylic acid groups (broad SMARTS) is 1. The van der Waals surface area contributed by atoms with Crippen LogP contribution >= 0.6 is 69.0 Å². The molecule has 0 saturated carbocycles. The molecule has 2 rings (SSSR count). The molecule has 0 aliphatic heterocycles. The van der Waals surface area contributed by atoms with Gasteiger partial charge in [-0.3, -0.25) is 10.1 Å². The van der Waals surface area contributed by atoms with Gasteiger partial charge in [0.2, 0.25) is 0 Å². The monoisotopic (exact) mass is 616 g/mol. The summed E-state index contributed by atoms with van der Waals surface area (Å²) in [6, 6.07) is 10.1. The van der Waals surface area contributed by atoms with Gasteiger partial charge in [-0.05, 0) is 81.7 Å². The van der Waals surface area contributed by atoms with Gasteiger partial charge in [0.05, 0.1) is 16.3 Å². The number of hydrogen-bond donors (Lipinski definition) is 3. The summed E-state index contributed by atoms with van der Waals surface area (Å²) in [5, 5.41) is 14.9. The first-order valence-corrected chi connectivity index (χ1v) is 9.93. The fourth-order valence-corrected chi connectivity index (χ4v) is 4.27. The molecule has 0 saturated heterocycles. The van der Waals surface area contributed by atoms with Gasteiger partial charge >= 0.3 is 5.97 Å². The second-order valence-electron chi connectivity index (χ2n) is 4.84. The second kappa shape index (κ2) is 9.67. The quantitative estimate of drug-likeness (QED) is 0.346. The molecular weight excluding hydrogens is 606 g/mol. The minimum absolute atomic E-state index is 0.0283. The van der Waals surface area contributed by atoms with E-state index in [0.29, 0.717) is 20.0 Å². The maximum atomic E-state index is 12.0. The minimum atomic E-state index is -1.10. The molecule has 10 heteroatoms. The number of para-hydroxylation sites is 1. The molecule has 3 N–H and O–H groups in total. The summed E-state index contributed by atoms with van der Waals surface area (Å²) in [6.45, 7) is -0.291. The van der Waals surface area contributed by atoms with E-state index < -0.39 is 11.9 Å². The van der Waals surface area contributed by atoms with Gasteiger partial charge in [0.1, 0.15) is 5.75 Å². The second-order valence-corrected chi connectivity index (χ2v) is 8.06. The van der Waals surface area contributed by atoms with Crippen molar-refractivity contribution in [2.45, 2.75) is 0 Å². The lowest BCUT2D eigenvalue weighted by molar-refractivity contribution is -0.121. The number of carboxylic acids is 1. The average molecular weight is 617 g/mol. The largest absolute Gasteiger partial charge is 0.482 e. The Hall–Kier alpha value is -1.18. The van der Waals surface area contributed by atoms with Gasteiger partial charge < -0.3 is 15.2 Å². The maximum Gasteiger partial charge on any atom is 0.337 e. The summed E-state index contributed by atoms with van der Waals surface area (Å²) in [5.41, 5.74) is 0.376. The zero-order chi connectivity index (χ0) is 19.3. The zero-order valence-corrected chi connectivity index (χ0v) is 18.8. The van der Waals surface area contributed by atoms with E-state index in [1.807, 2.05) is 45.2 Å². The van der Waals surface area contributed by atoms with E-state index in [2.05, 4.69) is 10.6 Å². The molecule has 0 aliphatic carbocycles. The van der Waals surface area contributed by atoms with Crippen LogP contribution < -0.4 is 15.4 Å². The van der Waals surface area contributed by atoms with Crippen LogP contribution in [-0.4, -0.2) is 28.7 Å². The number of rotatable bonds is 5. The molecule has 0 radical (unpaired) electrons. The highest BCUT2D eigenvalue weighted by molar-refractivity contribution is 14.1. The van der Waals surface area contributed by atoms with Crippen molar-refractivity contribution in [3.8, 4) is 5.75 Å². The van der Waals surface area contributed by atoms with Crippen LogP contribution in [0.15, 0.2) is 36.4 Å². The number of nitrogens with one attached hydrogen (secondary N) is 2. The van der Waals surface area contributed by atoms with E-state index in [1.54, 1.807) is 30.3 Å². The van der Waals surface area contributed by atoms with Crippen molar-refractivity contribution >= 4 is 91.7 Å². The Balaban J connectivity index is 2.00. The molecule has 0 unspecified atom stereocenters. The molecule has 0 heterocycles. The molecular formula is C16H11ClI2N2O4S. The van der Waals surface area contributed by atoms with Crippen LogP contribution in [0.5, 0.6) is 5.75 Å². The van der Waals surface area contributed by atoms with Crippen molar-refractivity contribution in [2.24, 2.45) is 0 Å². The third kappa shape index (κ3) is 5.93. The predicted molar refractivity (Wildman–Crippen MR) is 120 cm³/mol. The lowest BCUT2D eigenvalue weighted by Crippen LogP contribution is -2.37. The Morgan fingerprint density at radius 3 is 2.58 bits per heavy atom. The summed E-state index contributed by atoms with van der Waals surface area (Å²) < 4.78 is 6.76. The lowest BCUT2D eigenvalue weighted by Gasteiger charge is -2.14. The van der Waals surface area contributed by atoms with Crippen molar-refractivity contribution in [2.75, 3.05) is 11.9 Å². The standard InChI is InChI=1S/C16H11ClI2N2O4S/c17-10-3-1-2-4-12(10)25-7-13(22)20-16(26)21-14-9(15(23)24)5-8(18)6-11(14)19/h1-6H,7H2,(H,23,24)(H2,20,21,22,26). The fraction of sp³-hybridized carbons (Fsp3) is 0.0625. The van der Waals surface area contributed by atoms with Crippen molar-refractivity contribution in [1.82, 2.24) is 5.32 Å². The highest BCUT2D eigenvalue weighted by atomic mass is 127. The van der Waals surface area contributed by atoms with Crippen molar-refractivity contribution in [3.63, 3.8) is 0 Å². The van der Waals surface area contributed by atoms with Gasteiger partial charge in [-0.2, -0.15) is 0 Å². The number of thiocarbonyl (C=S) groups is 1. The number of carbonyl (C=O) groups is 2. The molecule has 136 valence electrons. The summed E-state index contributed by atoms with van der Waals surface area (Å²) in [5.74, 6) is -1.22. The van der Waals surface area contributed by atoms with Gasteiger partial charge in [0, 0.05) is 7.14 Å². The van der Waals surface area contributed by atoms with Crippen molar-refractivity contribution < 1.29 is 19.4 Å². The summed E-state index contributed by atoms with van der Waals surface area (Å²) in [4.78, 5) is 23.4. The first-order valence-electron chi connectivity index (χ1n) is 6.98. The van der Waals surface area contributed by atoms with E-state index in [4.69, 9.17) is 28.6 Å². The molecule has 1 amide bonds. The molecule has 26 heavy (non-hydrogen) atoms. The molecule has 0 fully saturated rings. The van der Waals surface area contributed by atoms with Gasteiger partial charge in [0.15, 0.2) is 11.7 Å². The number of halogens is 3. The number of benzene rings is 2.